The van der Waals surface area contributed by atoms with Gasteiger partial charge in [-0.1, -0.05) is 17.8 Å². The molecule has 0 aliphatic carbocycles. The Balaban J connectivity index is 2.51. The lowest BCUT2D eigenvalue weighted by Gasteiger charge is -2.31. The lowest BCUT2D eigenvalue weighted by Crippen LogP contribution is -2.44. The molecule has 0 saturated heterocycles. The number of benzene rings is 1. The monoisotopic (exact) mass is 509 g/mol. The second-order valence-corrected chi connectivity index (χ2v) is 8.41. The van der Waals surface area contributed by atoms with Gasteiger partial charge in [0, 0.05) is 19.0 Å². The Bertz CT molecular complexity index is 939. The maximum absolute atomic E-state index is 12.8. The summed E-state index contributed by atoms with van der Waals surface area (Å²) >= 11 is 4.48. The van der Waals surface area contributed by atoms with E-state index >= 15 is 0 Å². The van der Waals surface area contributed by atoms with E-state index in [4.69, 9.17) is 9.47 Å². The highest BCUT2D eigenvalue weighted by molar-refractivity contribution is 9.10. The van der Waals surface area contributed by atoms with Gasteiger partial charge in [-0.2, -0.15) is 5.26 Å². The Morgan fingerprint density at radius 2 is 1.97 bits per heavy atom. The van der Waals surface area contributed by atoms with Gasteiger partial charge in [0.1, 0.15) is 11.7 Å². The van der Waals surface area contributed by atoms with E-state index in [-0.39, 0.29) is 22.3 Å². The summed E-state index contributed by atoms with van der Waals surface area (Å²) in [5.74, 6) is -2.90. The molecule has 1 aliphatic heterocycles. The van der Waals surface area contributed by atoms with Crippen molar-refractivity contribution in [3.05, 3.63) is 38.8 Å². The number of halogens is 1. The van der Waals surface area contributed by atoms with Gasteiger partial charge in [0.15, 0.2) is 0 Å². The van der Waals surface area contributed by atoms with Crippen molar-refractivity contribution in [3.63, 3.8) is 0 Å². The number of nitrogens with zero attached hydrogens (tertiary/aromatic N) is 2. The van der Waals surface area contributed by atoms with Crippen molar-refractivity contribution in [2.75, 3.05) is 33.1 Å². The van der Waals surface area contributed by atoms with Crippen LogP contribution in [0.2, 0.25) is 0 Å². The zero-order chi connectivity index (χ0) is 23.1. The number of hydrogen-bond acceptors (Lipinski definition) is 7. The number of nitrogens with one attached hydrogen (secondary N) is 1. The van der Waals surface area contributed by atoms with E-state index in [1.807, 2.05) is 13.8 Å². The molecule has 0 bridgehead atoms. The number of amides is 2. The highest BCUT2D eigenvalue weighted by Crippen LogP contribution is 2.42. The van der Waals surface area contributed by atoms with Gasteiger partial charge < -0.3 is 19.7 Å². The summed E-state index contributed by atoms with van der Waals surface area (Å²) in [6.45, 7) is 4.90. The first kappa shape index (κ1) is 24.8. The molecule has 1 aliphatic rings. The first-order chi connectivity index (χ1) is 14.8. The van der Waals surface area contributed by atoms with Crippen molar-refractivity contribution in [2.24, 2.45) is 5.92 Å². The van der Waals surface area contributed by atoms with Gasteiger partial charge in [0.05, 0.1) is 41.1 Å². The number of esters is 1. The minimum Gasteiger partial charge on any atom is -0.496 e. The molecule has 8 nitrogen and oxygen atoms in total. The lowest BCUT2D eigenvalue weighted by atomic mass is 9.78. The third kappa shape index (κ3) is 5.40. The standard InChI is InChI=1S/C21H24BrN3O5S/c1-5-25(6-2)16(26)11-31-20-13(10-23)17(18(19(27)24-20)21(28)30-4)12-7-8-15(29-3)14(22)9-12/h7-9,17-18H,5-6,11H2,1-4H3,(H,24,27)/t17-,18+/m1/s1. The van der Waals surface area contributed by atoms with E-state index < -0.39 is 23.7 Å². The van der Waals surface area contributed by atoms with Crippen molar-refractivity contribution in [1.29, 1.82) is 5.26 Å². The minimum absolute atomic E-state index is 0.0599. The van der Waals surface area contributed by atoms with Gasteiger partial charge in [0.2, 0.25) is 11.8 Å². The Morgan fingerprint density at radius 3 is 2.48 bits per heavy atom. The Kier molecular flexibility index (Phi) is 8.95. The predicted octanol–water partition coefficient (Wildman–Crippen LogP) is 2.80. The first-order valence-corrected chi connectivity index (χ1v) is 11.4. The Hall–Kier alpha value is -2.51. The van der Waals surface area contributed by atoms with Gasteiger partial charge in [-0.05, 0) is 47.5 Å². The number of carbonyl (C=O) groups excluding carboxylic acids is 3. The van der Waals surface area contributed by atoms with E-state index in [1.54, 1.807) is 23.1 Å². The summed E-state index contributed by atoms with van der Waals surface area (Å²) in [5.41, 5.74) is 0.770. The smallest absolute Gasteiger partial charge is 0.319 e. The van der Waals surface area contributed by atoms with Crippen LogP contribution in [0, 0.1) is 17.2 Å². The van der Waals surface area contributed by atoms with Crippen molar-refractivity contribution < 1.29 is 23.9 Å². The average molecular weight is 510 g/mol. The highest BCUT2D eigenvalue weighted by Gasteiger charge is 2.44. The molecule has 0 saturated carbocycles. The number of ether oxygens (including phenoxy) is 2. The summed E-state index contributed by atoms with van der Waals surface area (Å²) in [4.78, 5) is 39.4. The van der Waals surface area contributed by atoms with E-state index in [9.17, 15) is 19.6 Å². The third-order valence-corrected chi connectivity index (χ3v) is 6.60. The van der Waals surface area contributed by atoms with E-state index in [0.29, 0.717) is 28.9 Å². The van der Waals surface area contributed by atoms with Gasteiger partial charge in [-0.25, -0.2) is 0 Å². The topological polar surface area (TPSA) is 109 Å². The molecule has 1 heterocycles. The van der Waals surface area contributed by atoms with Gasteiger partial charge in [-0.15, -0.1) is 0 Å². The maximum Gasteiger partial charge on any atom is 0.319 e. The van der Waals surface area contributed by atoms with E-state index in [0.717, 1.165) is 11.8 Å². The molecule has 31 heavy (non-hydrogen) atoms. The SMILES string of the molecule is CCN(CC)C(=O)CSC1=C(C#N)[C@@H](c2ccc(OC)c(Br)c2)[C@H](C(=O)OC)C(=O)N1. The number of thioether (sulfide) groups is 1. The summed E-state index contributed by atoms with van der Waals surface area (Å²) in [7, 11) is 2.72. The number of methoxy groups -OCH3 is 2. The first-order valence-electron chi connectivity index (χ1n) is 9.59. The minimum atomic E-state index is -1.23. The summed E-state index contributed by atoms with van der Waals surface area (Å²) < 4.78 is 10.7. The van der Waals surface area contributed by atoms with Crippen LogP contribution in [0.15, 0.2) is 33.3 Å². The van der Waals surface area contributed by atoms with Crippen molar-refractivity contribution in [2.45, 2.75) is 19.8 Å². The van der Waals surface area contributed by atoms with Gasteiger partial charge in [-0.3, -0.25) is 14.4 Å². The van der Waals surface area contributed by atoms with Crippen LogP contribution >= 0.6 is 27.7 Å². The summed E-state index contributed by atoms with van der Waals surface area (Å²) in [6, 6.07) is 7.22. The molecule has 0 radical (unpaired) electrons. The summed E-state index contributed by atoms with van der Waals surface area (Å²) in [5, 5.41) is 12.8. The maximum atomic E-state index is 12.8. The third-order valence-electron chi connectivity index (χ3n) is 4.97. The average Bonchev–Trinajstić information content (AvgIpc) is 2.77. The molecule has 0 aromatic heterocycles. The number of rotatable bonds is 8. The molecule has 166 valence electrons. The lowest BCUT2D eigenvalue weighted by molar-refractivity contribution is -0.150. The molecule has 0 unspecified atom stereocenters. The molecule has 2 atom stereocenters. The fourth-order valence-electron chi connectivity index (χ4n) is 3.36. The fraction of sp³-hybridized carbons (Fsp3) is 0.429. The Morgan fingerprint density at radius 1 is 1.29 bits per heavy atom. The van der Waals surface area contributed by atoms with Crippen LogP contribution in [-0.4, -0.2) is 55.7 Å². The van der Waals surface area contributed by atoms with Crippen LogP contribution in [0.3, 0.4) is 0 Å². The highest BCUT2D eigenvalue weighted by atomic mass is 79.9. The molecule has 1 N–H and O–H groups in total. The predicted molar refractivity (Wildman–Crippen MR) is 120 cm³/mol. The number of allylic oxidation sites excluding steroid dienone is 1. The quantitative estimate of drug-likeness (QED) is 0.423. The van der Waals surface area contributed by atoms with Crippen molar-refractivity contribution in [1.82, 2.24) is 10.2 Å². The molecule has 1 aromatic carbocycles. The number of carbonyl (C=O) groups is 3. The van der Waals surface area contributed by atoms with Crippen LogP contribution < -0.4 is 10.1 Å². The van der Waals surface area contributed by atoms with Gasteiger partial charge in [0.25, 0.3) is 0 Å². The Labute approximate surface area is 194 Å². The van der Waals surface area contributed by atoms with Crippen LogP contribution in [0.25, 0.3) is 0 Å². The zero-order valence-corrected chi connectivity index (χ0v) is 20.1. The number of hydrogen-bond donors (Lipinski definition) is 1. The van der Waals surface area contributed by atoms with Crippen LogP contribution in [0.4, 0.5) is 0 Å². The molecule has 0 fully saturated rings. The second kappa shape index (κ2) is 11.2. The van der Waals surface area contributed by atoms with Crippen LogP contribution in [-0.2, 0) is 19.1 Å². The normalized spacial score (nSPS) is 18.1. The molecular formula is C21H24BrN3O5S. The largest absolute Gasteiger partial charge is 0.496 e. The molecule has 2 amide bonds. The molecule has 1 aromatic rings. The molecule has 0 spiro atoms. The van der Waals surface area contributed by atoms with Crippen LogP contribution in [0.1, 0.15) is 25.3 Å². The molecule has 10 heteroatoms. The van der Waals surface area contributed by atoms with Crippen LogP contribution in [0.5, 0.6) is 5.75 Å². The fourth-order valence-corrected chi connectivity index (χ4v) is 4.87. The van der Waals surface area contributed by atoms with Crippen molar-refractivity contribution >= 4 is 45.5 Å². The molecule has 2 rings (SSSR count). The zero-order valence-electron chi connectivity index (χ0n) is 17.7. The van der Waals surface area contributed by atoms with E-state index in [1.165, 1.54) is 14.2 Å². The summed E-state index contributed by atoms with van der Waals surface area (Å²) in [6.07, 6.45) is 0. The number of nitriles is 1. The molecular weight excluding hydrogens is 486 g/mol. The van der Waals surface area contributed by atoms with E-state index in [2.05, 4.69) is 27.3 Å². The van der Waals surface area contributed by atoms with Crippen molar-refractivity contribution in [3.8, 4) is 11.8 Å². The van der Waals surface area contributed by atoms with Gasteiger partial charge >= 0.3 is 5.97 Å². The second-order valence-electron chi connectivity index (χ2n) is 6.57.